The predicted molar refractivity (Wildman–Crippen MR) is 372 cm³/mol. The molecule has 0 spiro atoms. The maximum atomic E-state index is 14.1. The number of ether oxygens (including phenoxy) is 6. The quantitative estimate of drug-likeness (QED) is 0.0174. The van der Waals surface area contributed by atoms with Gasteiger partial charge in [0.2, 0.25) is 29.5 Å². The van der Waals surface area contributed by atoms with Gasteiger partial charge in [-0.15, -0.1) is 20.9 Å². The number of anilines is 2. The third-order valence-corrected chi connectivity index (χ3v) is 20.4. The van der Waals surface area contributed by atoms with Gasteiger partial charge in [-0.3, -0.25) is 38.8 Å². The largest absolute Gasteiger partial charge is 0.697 e. The molecular formula is C66H85N14O21P2S+. The third kappa shape index (κ3) is 22.2. The number of aromatic nitrogens is 6. The van der Waals surface area contributed by atoms with Crippen molar-refractivity contribution in [1.29, 1.82) is 0 Å². The lowest BCUT2D eigenvalue weighted by molar-refractivity contribution is -0.132. The van der Waals surface area contributed by atoms with Crippen LogP contribution in [0.1, 0.15) is 99.3 Å². The minimum atomic E-state index is -4.03. The Hall–Kier alpha value is -8.69. The molecule has 2 bridgehead atoms. The number of imidazole rings is 1. The molecule has 560 valence electrons. The van der Waals surface area contributed by atoms with Crippen LogP contribution in [0.15, 0.2) is 78.2 Å². The first-order valence-corrected chi connectivity index (χ1v) is 37.7. The van der Waals surface area contributed by atoms with Crippen LogP contribution in [0.25, 0.3) is 11.2 Å². The number of carbonyl (C=O) groups is 7. The molecule has 2 aliphatic heterocycles. The normalized spacial score (nSPS) is 24.5. The molecule has 2 saturated heterocycles. The summed E-state index contributed by atoms with van der Waals surface area (Å²) in [5.41, 5.74) is 5.38. The minimum absolute atomic E-state index is 0.0333. The van der Waals surface area contributed by atoms with Gasteiger partial charge in [-0.25, -0.2) is 29.3 Å². The summed E-state index contributed by atoms with van der Waals surface area (Å²) in [7, 11) is -1.52. The summed E-state index contributed by atoms with van der Waals surface area (Å²) in [6.07, 6.45) is 0.472. The van der Waals surface area contributed by atoms with Crippen LogP contribution in [0.2, 0.25) is 0 Å². The molecule has 2 aromatic carbocycles. The lowest BCUT2D eigenvalue weighted by Gasteiger charge is -2.25. The Kier molecular flexibility index (Phi) is 28.0. The van der Waals surface area contributed by atoms with Crippen molar-refractivity contribution in [1.82, 2.24) is 55.7 Å². The Morgan fingerprint density at radius 3 is 2.40 bits per heavy atom. The second-order valence-corrected chi connectivity index (χ2v) is 29.4. The fourth-order valence-corrected chi connectivity index (χ4v) is 14.9. The lowest BCUT2D eigenvalue weighted by atomic mass is 10.0. The van der Waals surface area contributed by atoms with E-state index in [1.165, 1.54) is 41.4 Å². The number of rotatable bonds is 30. The SMILES string of the molecule is CC(C)C(NC(=O)CCOCCOCCNC(=O)OCC1[C@H]2CCC#CCC[C@@H]12)C(=O)N[C@@H](CCCNC(N)=O)C(=O)Nc1ccc(COC(=O)N(C)Cc2ccccc2C(=O)Nc2nc3c(ncn3[C@@H]3O[C@@H]4COP(O)(=S)O[C@H]5C[C@H](Oc6ccncn6)C[C@@H]5CO[P+](=O)O[C@@H]3[C@@H]4O)c(=O)[nH]2)cc1. The van der Waals surface area contributed by atoms with E-state index in [1.807, 2.05) is 0 Å². The molecule has 5 aliphatic rings. The fourth-order valence-electron chi connectivity index (χ4n) is 12.6. The molecule has 8 amide bonds. The molecule has 5 heterocycles. The van der Waals surface area contributed by atoms with Gasteiger partial charge in [-0.1, -0.05) is 44.2 Å². The van der Waals surface area contributed by atoms with Crippen molar-refractivity contribution in [2.24, 2.45) is 35.3 Å². The van der Waals surface area contributed by atoms with Crippen LogP contribution in [0.4, 0.5) is 26.0 Å². The van der Waals surface area contributed by atoms with Crippen LogP contribution in [0.5, 0.6) is 5.88 Å². The highest BCUT2D eigenvalue weighted by Crippen LogP contribution is 2.53. The third-order valence-electron chi connectivity index (χ3n) is 18.0. The van der Waals surface area contributed by atoms with Gasteiger partial charge in [0.25, 0.3) is 11.5 Å². The molecule has 0 radical (unpaired) electrons. The van der Waals surface area contributed by atoms with Crippen LogP contribution in [0, 0.1) is 41.4 Å². The Morgan fingerprint density at radius 2 is 1.66 bits per heavy atom. The summed E-state index contributed by atoms with van der Waals surface area (Å²) >= 11 is 5.38. The van der Waals surface area contributed by atoms with Crippen molar-refractivity contribution in [3.8, 4) is 17.7 Å². The number of benzene rings is 2. The number of amides is 8. The van der Waals surface area contributed by atoms with E-state index in [2.05, 4.69) is 68.7 Å². The molecule has 14 atom stereocenters. The van der Waals surface area contributed by atoms with Crippen molar-refractivity contribution < 1.29 is 94.6 Å². The highest BCUT2D eigenvalue weighted by molar-refractivity contribution is 8.07. The molecule has 104 heavy (non-hydrogen) atoms. The number of primary amides is 1. The molecule has 5 aromatic rings. The van der Waals surface area contributed by atoms with E-state index in [4.69, 9.17) is 64.1 Å². The Labute approximate surface area is 603 Å². The number of urea groups is 1. The van der Waals surface area contributed by atoms with Crippen molar-refractivity contribution in [2.45, 2.75) is 134 Å². The van der Waals surface area contributed by atoms with E-state index >= 15 is 0 Å². The van der Waals surface area contributed by atoms with Gasteiger partial charge in [-0.05, 0) is 96.9 Å². The number of aliphatic hydroxyl groups excluding tert-OH is 1. The van der Waals surface area contributed by atoms with Crippen LogP contribution in [-0.4, -0.2) is 195 Å². The van der Waals surface area contributed by atoms with Crippen molar-refractivity contribution in [3.63, 3.8) is 0 Å². The molecule has 4 fully saturated rings. The number of fused-ring (bicyclic) bond motifs is 5. The summed E-state index contributed by atoms with van der Waals surface area (Å²) in [6.45, 7) is -0.210. The van der Waals surface area contributed by atoms with Crippen LogP contribution < -0.4 is 47.9 Å². The molecule has 3 aliphatic carbocycles. The smallest absolute Gasteiger partial charge is 0.474 e. The predicted octanol–water partition coefficient (Wildman–Crippen LogP) is 4.34. The number of aromatic amines is 1. The van der Waals surface area contributed by atoms with Crippen LogP contribution >= 0.6 is 15.0 Å². The lowest BCUT2D eigenvalue weighted by Crippen LogP contribution is -2.54. The van der Waals surface area contributed by atoms with Gasteiger partial charge >= 0.3 is 33.2 Å². The molecule has 2 saturated carbocycles. The second kappa shape index (κ2) is 37.3. The minimum Gasteiger partial charge on any atom is -0.474 e. The standard InChI is InChI=1S/C66H84N14O21P2S/c1-38(2)53(75-51(81)21-25-92-27-28-93-26-24-70-65(88)94-34-47-45-13-6-4-5-7-14-46(45)47)60(85)74-48(15-10-22-69-63(67)87)59(84)73-42-18-16-39(17-19-42)32-95-66(89)79(3)31-40-11-8-9-12-44(40)58(83)77-64-76-57-54(61(86)78-64)72-37-80(57)62-56-55(82)50(99-62)35-97-103(91,104)101-49-30-43(98-52-20-23-68-36-71-52)29-41(49)33-96-102(90)100-56/h8-9,11-12,16-20,23,36-38,41,43,45-50,53,55-56,62,82H,6-7,10,13-15,21-22,24-35H2,1-3H3,(H9-,67,69,70,73,74,75,76,77,78,81,83,84,85,86,87,88,91,104)/p+1/t41-,43-,45-,46+,47?,48+,49+,50-,53?,55-,56-,62-,103?/m1/s1. The van der Waals surface area contributed by atoms with Crippen LogP contribution in [0.3, 0.4) is 0 Å². The summed E-state index contributed by atoms with van der Waals surface area (Å²) in [4.78, 5) is 137. The van der Waals surface area contributed by atoms with E-state index in [1.54, 1.807) is 62.4 Å². The second-order valence-electron chi connectivity index (χ2n) is 25.7. The fraction of sp³-hybridized carbons (Fsp3) is 0.545. The number of hydrogen-bond acceptors (Lipinski definition) is 25. The Bertz CT molecular complexity index is 4000. The van der Waals surface area contributed by atoms with Gasteiger partial charge in [-0.2, -0.15) is 4.98 Å². The number of H-pyrrole nitrogens is 1. The number of nitrogens with zero attached hydrogens (tertiary/aromatic N) is 6. The number of aliphatic hydroxyl groups is 1. The first-order chi connectivity index (χ1) is 50.1. The number of carbonyl (C=O) groups excluding carboxylic acids is 7. The molecule has 3 aromatic heterocycles. The van der Waals surface area contributed by atoms with E-state index in [9.17, 15) is 52.9 Å². The summed E-state index contributed by atoms with van der Waals surface area (Å²) < 4.78 is 72.2. The zero-order valence-corrected chi connectivity index (χ0v) is 59.9. The van der Waals surface area contributed by atoms with E-state index < -0.39 is 130 Å². The highest BCUT2D eigenvalue weighted by Gasteiger charge is 2.53. The van der Waals surface area contributed by atoms with Gasteiger partial charge in [0.05, 0.1) is 52.1 Å². The summed E-state index contributed by atoms with van der Waals surface area (Å²) in [5.74, 6) is 4.53. The highest BCUT2D eigenvalue weighted by atomic mass is 32.5. The van der Waals surface area contributed by atoms with Crippen LogP contribution in [-0.2, 0) is 85.7 Å². The molecule has 11 N–H and O–H groups in total. The molecule has 10 rings (SSSR count). The van der Waals surface area contributed by atoms with Crippen molar-refractivity contribution in [2.75, 3.05) is 77.0 Å². The maximum absolute atomic E-state index is 14.1. The number of hydrogen-bond donors (Lipinski definition) is 10. The topological polar surface area (TPSA) is 460 Å². The number of nitrogens with one attached hydrogen (secondary N) is 7. The Balaban J connectivity index is 0.671. The maximum Gasteiger partial charge on any atom is 0.697 e. The number of nitrogens with two attached hydrogens (primary N) is 1. The summed E-state index contributed by atoms with van der Waals surface area (Å²) in [5, 5.41) is 27.5. The Morgan fingerprint density at radius 1 is 0.904 bits per heavy atom. The van der Waals surface area contributed by atoms with Gasteiger partial charge in [0, 0.05) is 86.4 Å². The van der Waals surface area contributed by atoms with Gasteiger partial charge in [0.15, 0.2) is 23.5 Å². The zero-order valence-electron chi connectivity index (χ0n) is 57.3. The van der Waals surface area contributed by atoms with Crippen molar-refractivity contribution in [3.05, 3.63) is 100 Å². The summed E-state index contributed by atoms with van der Waals surface area (Å²) in [6, 6.07) is 11.3. The molecule has 35 nitrogen and oxygen atoms in total. The zero-order chi connectivity index (χ0) is 73.9. The van der Waals surface area contributed by atoms with Gasteiger partial charge in [0.1, 0.15) is 49.9 Å². The van der Waals surface area contributed by atoms with Gasteiger partial charge < -0.3 is 84.7 Å². The molecule has 4 unspecified atom stereocenters. The van der Waals surface area contributed by atoms with E-state index in [-0.39, 0.29) is 108 Å². The monoisotopic (exact) mass is 1500 g/mol. The first kappa shape index (κ1) is 77.9. The van der Waals surface area contributed by atoms with E-state index in [0.717, 1.165) is 25.7 Å². The average Bonchev–Trinajstić information content (AvgIpc) is 1.62. The molecular weight excluding hydrogens is 1420 g/mol. The molecule has 38 heteroatoms. The number of alkyl carbamates (subject to hydrolysis) is 1. The van der Waals surface area contributed by atoms with Crippen molar-refractivity contribution >= 4 is 91.4 Å². The first-order valence-electron chi connectivity index (χ1n) is 34.0. The van der Waals surface area contributed by atoms with E-state index in [0.29, 0.717) is 53.5 Å². The average molecular weight is 1500 g/mol.